The molecule has 1 saturated heterocycles. The Balaban J connectivity index is 1.49. The molecule has 0 spiro atoms. The summed E-state index contributed by atoms with van der Waals surface area (Å²) in [7, 11) is 1.62. The van der Waals surface area contributed by atoms with Crippen molar-refractivity contribution in [2.24, 2.45) is 11.8 Å². The Kier molecular flexibility index (Phi) is 9.27. The summed E-state index contributed by atoms with van der Waals surface area (Å²) in [6.45, 7) is 5.07. The van der Waals surface area contributed by atoms with E-state index in [1.807, 2.05) is 18.2 Å². The highest BCUT2D eigenvalue weighted by Crippen LogP contribution is 2.28. The number of methoxy groups -OCH3 is 1. The average molecular weight is 445 g/mol. The van der Waals surface area contributed by atoms with Crippen molar-refractivity contribution in [3.8, 4) is 5.75 Å². The normalized spacial score (nSPS) is 16.3. The number of aryl methyl sites for hydroxylation is 1. The minimum atomic E-state index is -0.649. The van der Waals surface area contributed by atoms with Crippen molar-refractivity contribution in [1.29, 1.82) is 0 Å². The number of carboxylic acid groups (broad SMARTS) is 1. The molecule has 0 radical (unpaired) electrons. The smallest absolute Gasteiger partial charge is 0.306 e. The van der Waals surface area contributed by atoms with Crippen LogP contribution in [0.15, 0.2) is 24.4 Å². The van der Waals surface area contributed by atoms with Gasteiger partial charge in [0.25, 0.3) is 0 Å². The van der Waals surface area contributed by atoms with E-state index in [4.69, 9.17) is 9.84 Å². The van der Waals surface area contributed by atoms with Crippen LogP contribution in [0, 0.1) is 17.7 Å². The maximum Gasteiger partial charge on any atom is 0.306 e. The monoisotopic (exact) mass is 444 g/mol. The minimum Gasteiger partial charge on any atom is -0.497 e. The Hall–Kier alpha value is -2.21. The summed E-state index contributed by atoms with van der Waals surface area (Å²) in [5, 5.41) is 10.00. The first kappa shape index (κ1) is 24.4. The first-order valence-corrected chi connectivity index (χ1v) is 12.1. The molecule has 0 bridgehead atoms. The summed E-state index contributed by atoms with van der Waals surface area (Å²) in [6.07, 6.45) is 10.3. The molecule has 1 fully saturated rings. The van der Waals surface area contributed by atoms with Crippen LogP contribution < -0.4 is 4.74 Å². The Morgan fingerprint density at radius 3 is 2.69 bits per heavy atom. The molecule has 176 valence electrons. The van der Waals surface area contributed by atoms with Gasteiger partial charge >= 0.3 is 5.97 Å². The number of fused-ring (bicyclic) bond motifs is 1. The van der Waals surface area contributed by atoms with Crippen LogP contribution in [-0.2, 0) is 11.2 Å². The summed E-state index contributed by atoms with van der Waals surface area (Å²) in [4.78, 5) is 17.7. The Labute approximate surface area is 191 Å². The van der Waals surface area contributed by atoms with E-state index >= 15 is 0 Å². The van der Waals surface area contributed by atoms with E-state index in [0.717, 1.165) is 74.0 Å². The third-order valence-corrected chi connectivity index (χ3v) is 6.89. The Morgan fingerprint density at radius 1 is 1.25 bits per heavy atom. The van der Waals surface area contributed by atoms with E-state index in [0.29, 0.717) is 12.3 Å². The highest BCUT2D eigenvalue weighted by molar-refractivity contribution is 5.83. The van der Waals surface area contributed by atoms with Gasteiger partial charge in [-0.15, -0.1) is 0 Å². The first-order chi connectivity index (χ1) is 15.5. The molecule has 1 unspecified atom stereocenters. The second-order valence-corrected chi connectivity index (χ2v) is 9.11. The standard InChI is InChI=1S/C26H37FN2O3/c1-3-6-19(8-5-14-29-15-12-20(13-16-29)26(30)31)7-4-9-22-23-17-21(32-2)10-11-25(23)28-18-24(22)27/h10-11,17-20H,3-9,12-16H2,1-2H3,(H,30,31). The minimum absolute atomic E-state index is 0.163. The zero-order valence-electron chi connectivity index (χ0n) is 19.5. The summed E-state index contributed by atoms with van der Waals surface area (Å²) >= 11 is 0. The fourth-order valence-electron chi connectivity index (χ4n) is 5.00. The van der Waals surface area contributed by atoms with Gasteiger partial charge < -0.3 is 14.7 Å². The predicted molar refractivity (Wildman–Crippen MR) is 126 cm³/mol. The fraction of sp³-hybridized carbons (Fsp3) is 0.615. The summed E-state index contributed by atoms with van der Waals surface area (Å²) in [6, 6.07) is 5.63. The van der Waals surface area contributed by atoms with Gasteiger partial charge in [0, 0.05) is 5.39 Å². The number of ether oxygens (including phenoxy) is 1. The van der Waals surface area contributed by atoms with Crippen molar-refractivity contribution in [2.45, 2.75) is 64.7 Å². The van der Waals surface area contributed by atoms with Gasteiger partial charge in [-0.25, -0.2) is 4.39 Å². The second kappa shape index (κ2) is 12.1. The number of likely N-dealkylation sites (tertiary alicyclic amines) is 1. The van der Waals surface area contributed by atoms with Crippen LogP contribution in [-0.4, -0.2) is 47.7 Å². The van der Waals surface area contributed by atoms with Gasteiger partial charge in [0.1, 0.15) is 11.6 Å². The van der Waals surface area contributed by atoms with Crippen molar-refractivity contribution in [1.82, 2.24) is 9.88 Å². The number of carboxylic acids is 1. The number of rotatable bonds is 12. The van der Waals surface area contributed by atoms with Crippen LogP contribution in [0.25, 0.3) is 10.9 Å². The maximum atomic E-state index is 14.6. The largest absolute Gasteiger partial charge is 0.497 e. The van der Waals surface area contributed by atoms with Crippen LogP contribution in [0.2, 0.25) is 0 Å². The maximum absolute atomic E-state index is 14.6. The molecule has 32 heavy (non-hydrogen) atoms. The molecule has 5 nitrogen and oxygen atoms in total. The number of aliphatic carboxylic acids is 1. The number of piperidine rings is 1. The van der Waals surface area contributed by atoms with Crippen molar-refractivity contribution in [3.05, 3.63) is 35.8 Å². The summed E-state index contributed by atoms with van der Waals surface area (Å²) in [5.74, 6) is 0.334. The van der Waals surface area contributed by atoms with Crippen LogP contribution in [0.5, 0.6) is 5.75 Å². The van der Waals surface area contributed by atoms with Crippen molar-refractivity contribution >= 4 is 16.9 Å². The first-order valence-electron chi connectivity index (χ1n) is 12.1. The molecule has 3 rings (SSSR count). The van der Waals surface area contributed by atoms with Gasteiger partial charge in [0.2, 0.25) is 0 Å². The highest BCUT2D eigenvalue weighted by atomic mass is 19.1. The van der Waals surface area contributed by atoms with Gasteiger partial charge in [-0.2, -0.15) is 0 Å². The molecule has 1 N–H and O–H groups in total. The van der Waals surface area contributed by atoms with Crippen LogP contribution >= 0.6 is 0 Å². The zero-order chi connectivity index (χ0) is 22.9. The second-order valence-electron chi connectivity index (χ2n) is 9.11. The van der Waals surface area contributed by atoms with E-state index in [9.17, 15) is 9.18 Å². The van der Waals surface area contributed by atoms with Gasteiger partial charge in [-0.05, 0) is 87.8 Å². The van der Waals surface area contributed by atoms with E-state index in [1.54, 1.807) is 7.11 Å². The van der Waals surface area contributed by atoms with E-state index in [1.165, 1.54) is 25.5 Å². The lowest BCUT2D eigenvalue weighted by Crippen LogP contribution is -2.36. The van der Waals surface area contributed by atoms with Gasteiger partial charge in [-0.1, -0.05) is 26.2 Å². The number of nitrogens with zero attached hydrogens (tertiary/aromatic N) is 2. The molecule has 0 amide bonds. The van der Waals surface area contributed by atoms with Gasteiger partial charge in [0.05, 0.1) is 24.7 Å². The predicted octanol–water partition coefficient (Wildman–Crippen LogP) is 5.70. The molecule has 2 heterocycles. The number of hydrogen-bond acceptors (Lipinski definition) is 4. The molecule has 1 aliphatic heterocycles. The number of aromatic nitrogens is 1. The molecule has 0 aliphatic carbocycles. The molecule has 0 saturated carbocycles. The lowest BCUT2D eigenvalue weighted by atomic mass is 9.90. The summed E-state index contributed by atoms with van der Waals surface area (Å²) < 4.78 is 19.9. The molecular formula is C26H37FN2O3. The molecule has 1 atom stereocenters. The van der Waals surface area contributed by atoms with Crippen molar-refractivity contribution in [2.75, 3.05) is 26.7 Å². The van der Waals surface area contributed by atoms with Gasteiger partial charge in [-0.3, -0.25) is 9.78 Å². The van der Waals surface area contributed by atoms with Crippen LogP contribution in [0.3, 0.4) is 0 Å². The topological polar surface area (TPSA) is 62.7 Å². The quantitative estimate of drug-likeness (QED) is 0.455. The van der Waals surface area contributed by atoms with E-state index in [2.05, 4.69) is 16.8 Å². The number of hydrogen-bond donors (Lipinski definition) is 1. The molecule has 1 aromatic carbocycles. The number of carbonyl (C=O) groups is 1. The molecular weight excluding hydrogens is 407 g/mol. The van der Waals surface area contributed by atoms with Crippen molar-refractivity contribution in [3.63, 3.8) is 0 Å². The van der Waals surface area contributed by atoms with Crippen LogP contribution in [0.1, 0.15) is 63.9 Å². The molecule has 2 aromatic rings. The highest BCUT2D eigenvalue weighted by Gasteiger charge is 2.24. The molecule has 1 aromatic heterocycles. The molecule has 6 heteroatoms. The number of benzene rings is 1. The van der Waals surface area contributed by atoms with E-state index < -0.39 is 5.97 Å². The third kappa shape index (κ3) is 6.64. The van der Waals surface area contributed by atoms with E-state index in [-0.39, 0.29) is 11.7 Å². The van der Waals surface area contributed by atoms with Crippen molar-refractivity contribution < 1.29 is 19.0 Å². The van der Waals surface area contributed by atoms with Crippen LogP contribution in [0.4, 0.5) is 4.39 Å². The third-order valence-electron chi connectivity index (χ3n) is 6.89. The fourth-order valence-corrected chi connectivity index (χ4v) is 5.00. The summed E-state index contributed by atoms with van der Waals surface area (Å²) in [5.41, 5.74) is 1.55. The lowest BCUT2D eigenvalue weighted by Gasteiger charge is -2.30. The van der Waals surface area contributed by atoms with Gasteiger partial charge in [0.15, 0.2) is 0 Å². The Bertz CT molecular complexity index is 881. The zero-order valence-corrected chi connectivity index (χ0v) is 19.5. The Morgan fingerprint density at radius 2 is 2.00 bits per heavy atom. The number of halogens is 1. The number of pyridine rings is 1. The average Bonchev–Trinajstić information content (AvgIpc) is 2.80. The lowest BCUT2D eigenvalue weighted by molar-refractivity contribution is -0.143. The molecule has 1 aliphatic rings. The SMILES string of the molecule is CCCC(CCCc1c(F)cnc2ccc(OC)cc12)CCCN1CCC(C(=O)O)CC1.